The van der Waals surface area contributed by atoms with Crippen molar-refractivity contribution in [2.75, 3.05) is 0 Å². The molecule has 3 aromatic carbocycles. The second-order valence-corrected chi connectivity index (χ2v) is 4.98. The number of hydrogen-bond acceptors (Lipinski definition) is 2. The Morgan fingerprint density at radius 3 is 1.86 bits per heavy atom. The van der Waals surface area contributed by atoms with Crippen LogP contribution in [-0.2, 0) is 0 Å². The van der Waals surface area contributed by atoms with Crippen molar-refractivity contribution in [3.8, 4) is 11.1 Å². The van der Waals surface area contributed by atoms with Gasteiger partial charge in [0.15, 0.2) is 0 Å². The molecule has 0 unspecified atom stereocenters. The highest BCUT2D eigenvalue weighted by molar-refractivity contribution is 6.12. The third-order valence-corrected chi connectivity index (χ3v) is 3.65. The molecule has 0 radical (unpaired) electrons. The van der Waals surface area contributed by atoms with Gasteiger partial charge >= 0.3 is 0 Å². The predicted octanol–water partition coefficient (Wildman–Crippen LogP) is 2.70. The first-order valence-electron chi connectivity index (χ1n) is 6.80. The summed E-state index contributed by atoms with van der Waals surface area (Å²) in [4.78, 5) is 23.6. The summed E-state index contributed by atoms with van der Waals surface area (Å²) in [5.41, 5.74) is 12.8. The quantitative estimate of drug-likeness (QED) is 0.777. The van der Waals surface area contributed by atoms with Gasteiger partial charge < -0.3 is 11.5 Å². The fraction of sp³-hybridized carbons (Fsp3) is 0. The Morgan fingerprint density at radius 1 is 0.682 bits per heavy atom. The predicted molar refractivity (Wildman–Crippen MR) is 86.4 cm³/mol. The van der Waals surface area contributed by atoms with Crippen LogP contribution in [0.25, 0.3) is 21.9 Å². The molecule has 0 fully saturated rings. The molecule has 4 N–H and O–H groups in total. The fourth-order valence-corrected chi connectivity index (χ4v) is 2.70. The number of primary amides is 2. The lowest BCUT2D eigenvalue weighted by atomic mass is 9.90. The van der Waals surface area contributed by atoms with E-state index >= 15 is 0 Å². The Labute approximate surface area is 127 Å². The Balaban J connectivity index is 2.44. The molecule has 0 aliphatic rings. The summed E-state index contributed by atoms with van der Waals surface area (Å²) in [5, 5.41) is 1.94. The normalized spacial score (nSPS) is 10.5. The molecule has 0 atom stereocenters. The Bertz CT molecular complexity index is 863. The van der Waals surface area contributed by atoms with Gasteiger partial charge in [-0.25, -0.2) is 0 Å². The van der Waals surface area contributed by atoms with Crippen LogP contribution >= 0.6 is 0 Å². The molecule has 0 aromatic heterocycles. The summed E-state index contributed by atoms with van der Waals surface area (Å²) in [6.45, 7) is 0. The molecule has 3 rings (SSSR count). The van der Waals surface area contributed by atoms with Crippen LogP contribution in [0.1, 0.15) is 20.7 Å². The minimum Gasteiger partial charge on any atom is -0.366 e. The molecule has 0 aliphatic heterocycles. The van der Waals surface area contributed by atoms with Crippen molar-refractivity contribution < 1.29 is 9.59 Å². The minimum atomic E-state index is -0.592. The molecule has 0 saturated carbocycles. The molecule has 22 heavy (non-hydrogen) atoms. The monoisotopic (exact) mass is 290 g/mol. The van der Waals surface area contributed by atoms with Crippen molar-refractivity contribution in [3.63, 3.8) is 0 Å². The minimum absolute atomic E-state index is 0.285. The molecule has 0 bridgehead atoms. The fourth-order valence-electron chi connectivity index (χ4n) is 2.70. The highest BCUT2D eigenvalue weighted by atomic mass is 16.1. The van der Waals surface area contributed by atoms with Crippen LogP contribution in [0, 0.1) is 0 Å². The summed E-state index contributed by atoms with van der Waals surface area (Å²) >= 11 is 0. The van der Waals surface area contributed by atoms with Crippen LogP contribution in [0.15, 0.2) is 60.7 Å². The largest absolute Gasteiger partial charge is 0.366 e. The maximum Gasteiger partial charge on any atom is 0.249 e. The highest BCUT2D eigenvalue weighted by Crippen LogP contribution is 2.33. The van der Waals surface area contributed by atoms with Gasteiger partial charge in [0.25, 0.3) is 0 Å². The van der Waals surface area contributed by atoms with E-state index in [0.717, 1.165) is 16.3 Å². The van der Waals surface area contributed by atoms with Crippen LogP contribution in [0.4, 0.5) is 0 Å². The van der Waals surface area contributed by atoms with Gasteiger partial charge in [-0.3, -0.25) is 9.59 Å². The van der Waals surface area contributed by atoms with Gasteiger partial charge in [-0.1, -0.05) is 48.5 Å². The molecule has 0 saturated heterocycles. The van der Waals surface area contributed by atoms with Gasteiger partial charge in [-0.05, 0) is 28.5 Å². The van der Waals surface area contributed by atoms with Gasteiger partial charge in [-0.2, -0.15) is 0 Å². The molecule has 3 aromatic rings. The number of amides is 2. The molecule has 108 valence electrons. The Morgan fingerprint density at radius 2 is 1.23 bits per heavy atom. The topological polar surface area (TPSA) is 86.2 Å². The van der Waals surface area contributed by atoms with Crippen LogP contribution in [0.3, 0.4) is 0 Å². The Kier molecular flexibility index (Phi) is 3.35. The highest BCUT2D eigenvalue weighted by Gasteiger charge is 2.18. The third-order valence-electron chi connectivity index (χ3n) is 3.65. The SMILES string of the molecule is NC(=O)c1cccc(C(N)=O)c1-c1cccc2ccccc12. The first-order valence-corrected chi connectivity index (χ1v) is 6.80. The van der Waals surface area contributed by atoms with E-state index in [9.17, 15) is 9.59 Å². The van der Waals surface area contributed by atoms with E-state index < -0.39 is 11.8 Å². The van der Waals surface area contributed by atoms with Crippen molar-refractivity contribution in [1.82, 2.24) is 0 Å². The van der Waals surface area contributed by atoms with Crippen LogP contribution in [0.5, 0.6) is 0 Å². The summed E-state index contributed by atoms with van der Waals surface area (Å²) in [6, 6.07) is 18.3. The summed E-state index contributed by atoms with van der Waals surface area (Å²) < 4.78 is 0. The molecular formula is C18H14N2O2. The lowest BCUT2D eigenvalue weighted by molar-refractivity contribution is 0.0999. The average molecular weight is 290 g/mol. The zero-order valence-corrected chi connectivity index (χ0v) is 11.7. The van der Waals surface area contributed by atoms with Crippen LogP contribution < -0.4 is 11.5 Å². The maximum atomic E-state index is 11.8. The maximum absolute atomic E-state index is 11.8. The van der Waals surface area contributed by atoms with Gasteiger partial charge in [-0.15, -0.1) is 0 Å². The Hall–Kier alpha value is -3.14. The average Bonchev–Trinajstić information content (AvgIpc) is 2.53. The lowest BCUT2D eigenvalue weighted by Gasteiger charge is -2.13. The summed E-state index contributed by atoms with van der Waals surface area (Å²) in [5.74, 6) is -1.18. The van der Waals surface area contributed by atoms with Gasteiger partial charge in [0.05, 0.1) is 0 Å². The van der Waals surface area contributed by atoms with Gasteiger partial charge in [0.2, 0.25) is 11.8 Å². The van der Waals surface area contributed by atoms with E-state index in [1.807, 2.05) is 42.5 Å². The molecule has 4 heteroatoms. The number of carbonyl (C=O) groups is 2. The second-order valence-electron chi connectivity index (χ2n) is 4.98. The van der Waals surface area contributed by atoms with E-state index in [4.69, 9.17) is 11.5 Å². The molecule has 0 heterocycles. The van der Waals surface area contributed by atoms with E-state index in [1.54, 1.807) is 18.2 Å². The van der Waals surface area contributed by atoms with E-state index in [1.165, 1.54) is 0 Å². The van der Waals surface area contributed by atoms with Crippen molar-refractivity contribution in [2.45, 2.75) is 0 Å². The number of benzene rings is 3. The summed E-state index contributed by atoms with van der Waals surface area (Å²) in [7, 11) is 0. The van der Waals surface area contributed by atoms with Crippen molar-refractivity contribution in [3.05, 3.63) is 71.8 Å². The molecular weight excluding hydrogens is 276 g/mol. The van der Waals surface area contributed by atoms with Gasteiger partial charge in [0, 0.05) is 16.7 Å². The standard InChI is InChI=1S/C18H14N2O2/c19-17(21)14-9-4-10-15(18(20)22)16(14)13-8-3-6-11-5-1-2-7-12(11)13/h1-10H,(H2,19,21)(H2,20,22). The van der Waals surface area contributed by atoms with Crippen molar-refractivity contribution >= 4 is 22.6 Å². The van der Waals surface area contributed by atoms with Crippen molar-refractivity contribution in [1.29, 1.82) is 0 Å². The van der Waals surface area contributed by atoms with Gasteiger partial charge in [0.1, 0.15) is 0 Å². The van der Waals surface area contributed by atoms with E-state index in [2.05, 4.69) is 0 Å². The number of hydrogen-bond donors (Lipinski definition) is 2. The molecule has 0 spiro atoms. The second kappa shape index (κ2) is 5.33. The molecule has 0 aliphatic carbocycles. The number of rotatable bonds is 3. The van der Waals surface area contributed by atoms with Crippen LogP contribution in [0.2, 0.25) is 0 Å². The van der Waals surface area contributed by atoms with Crippen LogP contribution in [-0.4, -0.2) is 11.8 Å². The number of fused-ring (bicyclic) bond motifs is 1. The summed E-state index contributed by atoms with van der Waals surface area (Å²) in [6.07, 6.45) is 0. The van der Waals surface area contributed by atoms with Crippen molar-refractivity contribution in [2.24, 2.45) is 11.5 Å². The number of carbonyl (C=O) groups excluding carboxylic acids is 2. The molecule has 4 nitrogen and oxygen atoms in total. The zero-order valence-electron chi connectivity index (χ0n) is 11.7. The first kappa shape index (κ1) is 13.8. The third kappa shape index (κ3) is 2.20. The smallest absolute Gasteiger partial charge is 0.249 e. The first-order chi connectivity index (χ1) is 10.6. The number of nitrogens with two attached hydrogens (primary N) is 2. The molecule has 2 amide bonds. The van der Waals surface area contributed by atoms with E-state index in [-0.39, 0.29) is 11.1 Å². The zero-order chi connectivity index (χ0) is 15.7. The van der Waals surface area contributed by atoms with E-state index in [0.29, 0.717) is 5.56 Å². The lowest BCUT2D eigenvalue weighted by Crippen LogP contribution is -2.18.